The van der Waals surface area contributed by atoms with Gasteiger partial charge >= 0.3 is 0 Å². The van der Waals surface area contributed by atoms with Crippen LogP contribution in [-0.4, -0.2) is 10.6 Å². The Labute approximate surface area is 103 Å². The first-order valence-electron chi connectivity index (χ1n) is 6.40. The molecule has 1 heterocycles. The van der Waals surface area contributed by atoms with E-state index in [2.05, 4.69) is 55.8 Å². The van der Waals surface area contributed by atoms with E-state index in [0.717, 1.165) is 13.0 Å². The Bertz CT molecular complexity index is 495. The quantitative estimate of drug-likeness (QED) is 0.859. The second kappa shape index (κ2) is 4.92. The molecule has 0 bridgehead atoms. The van der Waals surface area contributed by atoms with E-state index in [0.29, 0.717) is 5.92 Å². The van der Waals surface area contributed by atoms with E-state index >= 15 is 0 Å². The summed E-state index contributed by atoms with van der Waals surface area (Å²) in [5.74, 6) is 0.669. The van der Waals surface area contributed by atoms with Gasteiger partial charge in [0.2, 0.25) is 0 Å². The van der Waals surface area contributed by atoms with Crippen molar-refractivity contribution in [3.8, 4) is 0 Å². The molecule has 0 aliphatic heterocycles. The van der Waals surface area contributed by atoms with Crippen LogP contribution in [0.25, 0.3) is 10.9 Å². The Morgan fingerprint density at radius 1 is 1.18 bits per heavy atom. The van der Waals surface area contributed by atoms with Crippen LogP contribution in [0.4, 0.5) is 0 Å². The van der Waals surface area contributed by atoms with Crippen molar-refractivity contribution in [3.63, 3.8) is 0 Å². The van der Waals surface area contributed by atoms with E-state index in [1.54, 1.807) is 0 Å². The maximum atomic E-state index is 5.90. The average molecular weight is 230 g/mol. The third-order valence-corrected chi connectivity index (χ3v) is 3.01. The van der Waals surface area contributed by atoms with Gasteiger partial charge in [-0.15, -0.1) is 0 Å². The monoisotopic (exact) mass is 230 g/mol. The summed E-state index contributed by atoms with van der Waals surface area (Å²) in [6, 6.07) is 8.95. The maximum Gasteiger partial charge on any atom is 0.0483 e. The van der Waals surface area contributed by atoms with E-state index in [9.17, 15) is 0 Å². The highest BCUT2D eigenvalue weighted by atomic mass is 15.0. The molecule has 0 saturated heterocycles. The molecule has 17 heavy (non-hydrogen) atoms. The van der Waals surface area contributed by atoms with Crippen LogP contribution < -0.4 is 5.73 Å². The largest absolute Gasteiger partial charge is 0.347 e. The molecule has 0 spiro atoms. The maximum absolute atomic E-state index is 5.90. The molecule has 0 fully saturated rings. The Kier molecular flexibility index (Phi) is 3.53. The zero-order valence-electron chi connectivity index (χ0n) is 11.0. The van der Waals surface area contributed by atoms with Gasteiger partial charge < -0.3 is 10.3 Å². The topological polar surface area (TPSA) is 30.9 Å². The second-order valence-corrected chi connectivity index (χ2v) is 5.39. The highest BCUT2D eigenvalue weighted by Crippen LogP contribution is 2.22. The Hall–Kier alpha value is -1.28. The summed E-state index contributed by atoms with van der Waals surface area (Å²) in [5, 5.41) is 1.35. The summed E-state index contributed by atoms with van der Waals surface area (Å²) < 4.78 is 2.34. The molecule has 0 aliphatic rings. The van der Waals surface area contributed by atoms with Crippen LogP contribution in [0.2, 0.25) is 0 Å². The summed E-state index contributed by atoms with van der Waals surface area (Å²) in [5.41, 5.74) is 8.59. The fourth-order valence-electron chi connectivity index (χ4n) is 2.36. The van der Waals surface area contributed by atoms with Crippen molar-refractivity contribution in [2.75, 3.05) is 0 Å². The summed E-state index contributed by atoms with van der Waals surface area (Å²) in [6.07, 6.45) is 3.14. The molecule has 2 heteroatoms. The van der Waals surface area contributed by atoms with Crippen molar-refractivity contribution in [3.05, 3.63) is 36.0 Å². The molecule has 0 amide bonds. The minimum Gasteiger partial charge on any atom is -0.347 e. The van der Waals surface area contributed by atoms with Crippen molar-refractivity contribution < 1.29 is 0 Å². The van der Waals surface area contributed by atoms with Crippen LogP contribution in [0, 0.1) is 5.92 Å². The van der Waals surface area contributed by atoms with Crippen molar-refractivity contribution in [2.24, 2.45) is 11.7 Å². The van der Waals surface area contributed by atoms with Crippen LogP contribution in [0.3, 0.4) is 0 Å². The normalized spacial score (nSPS) is 13.5. The minimum atomic E-state index is 0.217. The fraction of sp³-hybridized carbons (Fsp3) is 0.467. The Balaban J connectivity index is 2.41. The van der Waals surface area contributed by atoms with E-state index in [-0.39, 0.29) is 6.04 Å². The zero-order valence-corrected chi connectivity index (χ0v) is 11.0. The van der Waals surface area contributed by atoms with E-state index in [1.165, 1.54) is 16.5 Å². The Morgan fingerprint density at radius 2 is 1.94 bits per heavy atom. The molecular formula is C15H22N2. The van der Waals surface area contributed by atoms with Crippen LogP contribution >= 0.6 is 0 Å². The molecule has 92 valence electrons. The lowest BCUT2D eigenvalue weighted by Gasteiger charge is -2.10. The molecule has 2 rings (SSSR count). The lowest BCUT2D eigenvalue weighted by atomic mass is 10.0. The number of benzene rings is 1. The second-order valence-electron chi connectivity index (χ2n) is 5.39. The highest BCUT2D eigenvalue weighted by molar-refractivity contribution is 5.83. The SMILES string of the molecule is CC(C)Cn1ccc2c(CC(C)N)cccc21. The molecule has 1 aromatic heterocycles. The van der Waals surface area contributed by atoms with Crippen LogP contribution in [-0.2, 0) is 13.0 Å². The number of aromatic nitrogens is 1. The third kappa shape index (κ3) is 2.70. The first-order valence-corrected chi connectivity index (χ1v) is 6.40. The first-order chi connectivity index (χ1) is 8.08. The minimum absolute atomic E-state index is 0.217. The van der Waals surface area contributed by atoms with Crippen molar-refractivity contribution in [2.45, 2.75) is 39.8 Å². The van der Waals surface area contributed by atoms with Crippen LogP contribution in [0.5, 0.6) is 0 Å². The van der Waals surface area contributed by atoms with Crippen molar-refractivity contribution >= 4 is 10.9 Å². The molecular weight excluding hydrogens is 208 g/mol. The van der Waals surface area contributed by atoms with Gasteiger partial charge in [-0.2, -0.15) is 0 Å². The smallest absolute Gasteiger partial charge is 0.0483 e. The van der Waals surface area contributed by atoms with E-state index < -0.39 is 0 Å². The molecule has 0 aliphatic carbocycles. The van der Waals surface area contributed by atoms with Gasteiger partial charge in [0.1, 0.15) is 0 Å². The number of fused-ring (bicyclic) bond motifs is 1. The number of rotatable bonds is 4. The molecule has 0 radical (unpaired) electrons. The molecule has 0 saturated carbocycles. The summed E-state index contributed by atoms with van der Waals surface area (Å²) in [4.78, 5) is 0. The van der Waals surface area contributed by atoms with Gasteiger partial charge in [-0.05, 0) is 37.0 Å². The number of hydrogen-bond donors (Lipinski definition) is 1. The lowest BCUT2D eigenvalue weighted by molar-refractivity contribution is 0.535. The van der Waals surface area contributed by atoms with Crippen molar-refractivity contribution in [1.82, 2.24) is 4.57 Å². The van der Waals surface area contributed by atoms with Crippen LogP contribution in [0.15, 0.2) is 30.5 Å². The number of nitrogens with two attached hydrogens (primary N) is 1. The van der Waals surface area contributed by atoms with Crippen LogP contribution in [0.1, 0.15) is 26.3 Å². The van der Waals surface area contributed by atoms with Gasteiger partial charge in [0.25, 0.3) is 0 Å². The van der Waals surface area contributed by atoms with Gasteiger partial charge in [-0.1, -0.05) is 26.0 Å². The third-order valence-electron chi connectivity index (χ3n) is 3.01. The lowest BCUT2D eigenvalue weighted by Crippen LogP contribution is -2.17. The summed E-state index contributed by atoms with van der Waals surface area (Å²) >= 11 is 0. The molecule has 2 aromatic rings. The summed E-state index contributed by atoms with van der Waals surface area (Å²) in [7, 11) is 0. The first kappa shape index (κ1) is 12.2. The average Bonchev–Trinajstić information content (AvgIpc) is 2.61. The van der Waals surface area contributed by atoms with Gasteiger partial charge in [0.05, 0.1) is 0 Å². The Morgan fingerprint density at radius 3 is 2.59 bits per heavy atom. The van der Waals surface area contributed by atoms with E-state index in [1.807, 2.05) is 0 Å². The van der Waals surface area contributed by atoms with Gasteiger partial charge in [-0.3, -0.25) is 0 Å². The molecule has 2 N–H and O–H groups in total. The van der Waals surface area contributed by atoms with Crippen molar-refractivity contribution in [1.29, 1.82) is 0 Å². The predicted molar refractivity (Wildman–Crippen MR) is 74.1 cm³/mol. The molecule has 1 atom stereocenters. The number of hydrogen-bond acceptors (Lipinski definition) is 1. The predicted octanol–water partition coefficient (Wildman–Crippen LogP) is 3.19. The molecule has 2 nitrogen and oxygen atoms in total. The summed E-state index contributed by atoms with van der Waals surface area (Å²) in [6.45, 7) is 7.63. The fourth-order valence-corrected chi connectivity index (χ4v) is 2.36. The molecule has 1 aromatic carbocycles. The standard InChI is InChI=1S/C15H22N2/c1-11(2)10-17-8-7-14-13(9-12(3)16)5-4-6-15(14)17/h4-8,11-12H,9-10,16H2,1-3H3. The molecule has 1 unspecified atom stereocenters. The zero-order chi connectivity index (χ0) is 12.4. The highest BCUT2D eigenvalue weighted by Gasteiger charge is 2.07. The van der Waals surface area contributed by atoms with Gasteiger partial charge in [-0.25, -0.2) is 0 Å². The van der Waals surface area contributed by atoms with E-state index in [4.69, 9.17) is 5.73 Å². The van der Waals surface area contributed by atoms with Gasteiger partial charge in [0.15, 0.2) is 0 Å². The van der Waals surface area contributed by atoms with Gasteiger partial charge in [0, 0.05) is 29.7 Å². The number of nitrogens with zero attached hydrogens (tertiary/aromatic N) is 1.